The zero-order chi connectivity index (χ0) is 21.8. The number of hydrogen-bond acceptors (Lipinski definition) is 5. The largest absolute Gasteiger partial charge is 0.489 e. The highest BCUT2D eigenvalue weighted by Gasteiger charge is 2.64. The molecular formula is C21H26ClN5O2. The normalized spacial score (nSPS) is 22.9. The fraction of sp³-hybridized carbons (Fsp3) is 0.476. The van der Waals surface area contributed by atoms with Gasteiger partial charge in [0.2, 0.25) is 5.84 Å². The zero-order valence-corrected chi connectivity index (χ0v) is 18.3. The molecule has 8 heteroatoms. The molecule has 0 bridgehead atoms. The first-order chi connectivity index (χ1) is 13.6. The molecule has 2 rings (SSSR count). The molecule has 29 heavy (non-hydrogen) atoms. The second kappa shape index (κ2) is 8.75. The first-order valence-corrected chi connectivity index (χ1v) is 9.63. The summed E-state index contributed by atoms with van der Waals surface area (Å²) < 4.78 is 6.22. The topological polar surface area (TPSA) is 99.2 Å². The fourth-order valence-electron chi connectivity index (χ4n) is 4.16. The van der Waals surface area contributed by atoms with Crippen LogP contribution in [0.1, 0.15) is 40.2 Å². The van der Waals surface area contributed by atoms with Gasteiger partial charge in [-0.05, 0) is 19.1 Å². The number of nitrogens with zero attached hydrogens (tertiary/aromatic N) is 4. The molecular weight excluding hydrogens is 390 g/mol. The minimum Gasteiger partial charge on any atom is -0.489 e. The van der Waals surface area contributed by atoms with Crippen LogP contribution in [0, 0.1) is 22.2 Å². The number of amides is 1. The maximum Gasteiger partial charge on any atom is 0.291 e. The molecule has 1 fully saturated rings. The van der Waals surface area contributed by atoms with E-state index in [-0.39, 0.29) is 34.7 Å². The van der Waals surface area contributed by atoms with Gasteiger partial charge >= 0.3 is 0 Å². The monoisotopic (exact) mass is 415 g/mol. The minimum absolute atomic E-state index is 0.000410. The summed E-state index contributed by atoms with van der Waals surface area (Å²) in [5.41, 5.74) is -0.335. The quantitative estimate of drug-likeness (QED) is 0.444. The van der Waals surface area contributed by atoms with Gasteiger partial charge in [0.05, 0.1) is 10.6 Å². The number of amidine groups is 1. The Balaban J connectivity index is 2.20. The van der Waals surface area contributed by atoms with E-state index in [1.807, 2.05) is 33.8 Å². The van der Waals surface area contributed by atoms with Crippen LogP contribution in [0.4, 0.5) is 0 Å². The molecule has 1 aromatic rings. The van der Waals surface area contributed by atoms with Gasteiger partial charge < -0.3 is 10.1 Å². The highest BCUT2D eigenvalue weighted by Crippen LogP contribution is 2.55. The van der Waals surface area contributed by atoms with E-state index in [1.54, 1.807) is 31.2 Å². The standard InChI is InChI=1S/C21H26ClN5O2/c1-7-10-25-16(27-24-6)17(28)26-18-20(2,3)19(21(18,4)5)29-14-9-8-13(12-23)15(22)11-14/h7-11,18-19H,1-6H3,(H,26,28)/b10-7+,25-16-,27-24-/t18-,19-. The molecule has 154 valence electrons. The lowest BCUT2D eigenvalue weighted by molar-refractivity contribution is -0.171. The molecule has 0 aromatic heterocycles. The van der Waals surface area contributed by atoms with Crippen molar-refractivity contribution in [3.8, 4) is 11.8 Å². The lowest BCUT2D eigenvalue weighted by Crippen LogP contribution is -2.75. The summed E-state index contributed by atoms with van der Waals surface area (Å²) in [4.78, 5) is 16.7. The molecule has 0 atom stereocenters. The van der Waals surface area contributed by atoms with Crippen molar-refractivity contribution in [1.82, 2.24) is 5.32 Å². The van der Waals surface area contributed by atoms with Crippen molar-refractivity contribution in [2.24, 2.45) is 26.1 Å². The minimum atomic E-state index is -0.389. The van der Waals surface area contributed by atoms with E-state index >= 15 is 0 Å². The van der Waals surface area contributed by atoms with Crippen LogP contribution in [0.3, 0.4) is 0 Å². The molecule has 0 saturated heterocycles. The van der Waals surface area contributed by atoms with Crippen molar-refractivity contribution in [1.29, 1.82) is 5.26 Å². The number of aliphatic imine (C=N–C) groups is 1. The Bertz CT molecular complexity index is 896. The third-order valence-corrected chi connectivity index (χ3v) is 5.49. The number of carbonyl (C=O) groups excluding carboxylic acids is 1. The summed E-state index contributed by atoms with van der Waals surface area (Å²) >= 11 is 6.12. The van der Waals surface area contributed by atoms with Crippen molar-refractivity contribution in [3.05, 3.63) is 41.1 Å². The van der Waals surface area contributed by atoms with Crippen LogP contribution in [-0.2, 0) is 4.79 Å². The van der Waals surface area contributed by atoms with E-state index in [0.29, 0.717) is 16.3 Å². The van der Waals surface area contributed by atoms with Gasteiger partial charge in [-0.25, -0.2) is 4.99 Å². The molecule has 1 aliphatic carbocycles. The fourth-order valence-corrected chi connectivity index (χ4v) is 4.37. The Morgan fingerprint density at radius 1 is 1.31 bits per heavy atom. The van der Waals surface area contributed by atoms with Crippen molar-refractivity contribution in [2.75, 3.05) is 7.05 Å². The SMILES string of the molecule is C/C=C/N=C(\N=N/C)C(=O)N[C@H]1C(C)(C)[C@H](Oc2ccc(C#N)c(Cl)c2)C1(C)C. The van der Waals surface area contributed by atoms with Gasteiger partial charge in [0, 0.05) is 36.2 Å². The van der Waals surface area contributed by atoms with E-state index in [2.05, 4.69) is 20.5 Å². The Morgan fingerprint density at radius 3 is 2.48 bits per heavy atom. The van der Waals surface area contributed by atoms with Crippen LogP contribution < -0.4 is 10.1 Å². The summed E-state index contributed by atoms with van der Waals surface area (Å²) in [6.07, 6.45) is 3.02. The van der Waals surface area contributed by atoms with Crippen molar-refractivity contribution < 1.29 is 9.53 Å². The summed E-state index contributed by atoms with van der Waals surface area (Å²) in [6.45, 7) is 9.93. The Kier molecular flexibility index (Phi) is 6.81. The van der Waals surface area contributed by atoms with Crippen molar-refractivity contribution in [2.45, 2.75) is 46.8 Å². The molecule has 0 radical (unpaired) electrons. The molecule has 7 nitrogen and oxygen atoms in total. The van der Waals surface area contributed by atoms with E-state index < -0.39 is 0 Å². The second-order valence-corrected chi connectivity index (χ2v) is 8.44. The smallest absolute Gasteiger partial charge is 0.291 e. The van der Waals surface area contributed by atoms with E-state index in [1.165, 1.54) is 13.2 Å². The first kappa shape index (κ1) is 22.6. The average Bonchev–Trinajstić information content (AvgIpc) is 2.66. The third-order valence-electron chi connectivity index (χ3n) is 5.17. The Hall–Kier alpha value is -2.72. The number of halogens is 1. The number of benzene rings is 1. The maximum atomic E-state index is 12.7. The number of carbonyl (C=O) groups is 1. The van der Waals surface area contributed by atoms with Gasteiger partial charge in [-0.2, -0.15) is 10.4 Å². The number of allylic oxidation sites excluding steroid dienone is 1. The summed E-state index contributed by atoms with van der Waals surface area (Å²) in [6, 6.07) is 6.86. The van der Waals surface area contributed by atoms with Gasteiger partial charge in [-0.3, -0.25) is 4.79 Å². The van der Waals surface area contributed by atoms with Gasteiger partial charge in [-0.1, -0.05) is 45.4 Å². The molecule has 1 aliphatic rings. The predicted octanol–water partition coefficient (Wildman–Crippen LogP) is 4.52. The maximum absolute atomic E-state index is 12.7. The first-order valence-electron chi connectivity index (χ1n) is 9.25. The van der Waals surface area contributed by atoms with Gasteiger partial charge in [0.15, 0.2) is 0 Å². The highest BCUT2D eigenvalue weighted by molar-refractivity contribution is 6.38. The number of nitrogens with one attached hydrogen (secondary N) is 1. The number of hydrogen-bond donors (Lipinski definition) is 1. The molecule has 1 aromatic carbocycles. The van der Waals surface area contributed by atoms with Crippen LogP contribution in [0.25, 0.3) is 0 Å². The van der Waals surface area contributed by atoms with Crippen LogP contribution in [0.5, 0.6) is 5.75 Å². The molecule has 1 amide bonds. The lowest BCUT2D eigenvalue weighted by atomic mass is 9.49. The van der Waals surface area contributed by atoms with Gasteiger partial charge in [0.1, 0.15) is 17.9 Å². The molecule has 0 unspecified atom stereocenters. The van der Waals surface area contributed by atoms with E-state index in [9.17, 15) is 4.79 Å². The average molecular weight is 416 g/mol. The second-order valence-electron chi connectivity index (χ2n) is 8.04. The van der Waals surface area contributed by atoms with E-state index in [4.69, 9.17) is 21.6 Å². The Morgan fingerprint density at radius 2 is 1.97 bits per heavy atom. The van der Waals surface area contributed by atoms with Crippen molar-refractivity contribution >= 4 is 23.3 Å². The van der Waals surface area contributed by atoms with Crippen LogP contribution in [-0.4, -0.2) is 30.9 Å². The molecule has 1 N–H and O–H groups in total. The van der Waals surface area contributed by atoms with Crippen LogP contribution in [0.2, 0.25) is 5.02 Å². The summed E-state index contributed by atoms with van der Waals surface area (Å²) in [7, 11) is 1.49. The number of ether oxygens (including phenoxy) is 1. The molecule has 1 saturated carbocycles. The zero-order valence-electron chi connectivity index (χ0n) is 17.5. The summed E-state index contributed by atoms with van der Waals surface area (Å²) in [5, 5.41) is 19.9. The van der Waals surface area contributed by atoms with E-state index in [0.717, 1.165) is 0 Å². The predicted molar refractivity (Wildman–Crippen MR) is 113 cm³/mol. The lowest BCUT2D eigenvalue weighted by Gasteiger charge is -2.63. The molecule has 0 aliphatic heterocycles. The Labute approximate surface area is 176 Å². The van der Waals surface area contributed by atoms with Gasteiger partial charge in [0.25, 0.3) is 5.91 Å². The highest BCUT2D eigenvalue weighted by atomic mass is 35.5. The van der Waals surface area contributed by atoms with Crippen molar-refractivity contribution in [3.63, 3.8) is 0 Å². The number of rotatable bonds is 4. The third kappa shape index (κ3) is 4.48. The molecule has 0 spiro atoms. The molecule has 0 heterocycles. The summed E-state index contributed by atoms with van der Waals surface area (Å²) in [5.74, 6) is 0.195. The number of azo groups is 1. The van der Waals surface area contributed by atoms with Crippen LogP contribution in [0.15, 0.2) is 45.7 Å². The van der Waals surface area contributed by atoms with Gasteiger partial charge in [-0.15, -0.1) is 5.11 Å². The van der Waals surface area contributed by atoms with Crippen LogP contribution >= 0.6 is 11.6 Å². The number of nitriles is 1.